The number of ether oxygens (including phenoxy) is 1. The lowest BCUT2D eigenvalue weighted by molar-refractivity contribution is -0.134. The van der Waals surface area contributed by atoms with Crippen LogP contribution in [0.3, 0.4) is 0 Å². The maximum Gasteiger partial charge on any atom is 0.130 e. The Morgan fingerprint density at radius 2 is 1.80 bits per heavy atom. The minimum atomic E-state index is 0.476. The lowest BCUT2D eigenvalue weighted by Gasteiger charge is -2.53. The molecule has 0 saturated heterocycles. The van der Waals surface area contributed by atoms with Crippen LogP contribution in [0.15, 0.2) is 10.5 Å². The van der Waals surface area contributed by atoms with Crippen LogP contribution >= 0.6 is 0 Å². The van der Waals surface area contributed by atoms with Crippen LogP contribution in [0.5, 0.6) is 0 Å². The molecule has 1 aromatic rings. The molecule has 0 atom stereocenters. The van der Waals surface area contributed by atoms with Crippen molar-refractivity contribution in [2.24, 2.45) is 29.4 Å². The van der Waals surface area contributed by atoms with Gasteiger partial charge in [-0.2, -0.15) is 0 Å². The minimum absolute atomic E-state index is 0.476. The molecule has 0 radical (unpaired) electrons. The number of hydrogen-bond acceptors (Lipinski definition) is 3. The Labute approximate surface area is 120 Å². The summed E-state index contributed by atoms with van der Waals surface area (Å²) in [6.07, 6.45) is 7.60. The second kappa shape index (κ2) is 4.88. The number of aryl methyl sites for hydroxylation is 1. The van der Waals surface area contributed by atoms with E-state index in [1.807, 2.05) is 0 Å². The van der Waals surface area contributed by atoms with E-state index in [2.05, 4.69) is 13.0 Å². The lowest BCUT2D eigenvalue weighted by Crippen LogP contribution is -2.49. The van der Waals surface area contributed by atoms with Crippen LogP contribution < -0.4 is 5.73 Å². The van der Waals surface area contributed by atoms with Crippen molar-refractivity contribution >= 4 is 0 Å². The minimum Gasteiger partial charge on any atom is -0.462 e. The average molecular weight is 275 g/mol. The van der Waals surface area contributed by atoms with Crippen molar-refractivity contribution in [3.8, 4) is 0 Å². The number of rotatable bonds is 4. The fourth-order valence-electron chi connectivity index (χ4n) is 5.19. The summed E-state index contributed by atoms with van der Waals surface area (Å²) in [5.41, 5.74) is 6.81. The first-order chi connectivity index (χ1) is 9.72. The Morgan fingerprint density at radius 1 is 1.15 bits per heavy atom. The normalized spacial score (nSPS) is 38.6. The standard InChI is InChI=1S/C17H25NO2/c1-10-2-15(20-16(10)8-18)9-19-17-13-4-11-3-12(6-13)7-14(17)5-11/h2,11-14,17H,3-9,18H2,1H3. The van der Waals surface area contributed by atoms with Crippen LogP contribution in [-0.2, 0) is 17.9 Å². The van der Waals surface area contributed by atoms with Gasteiger partial charge in [-0.3, -0.25) is 0 Å². The van der Waals surface area contributed by atoms with Gasteiger partial charge in [0.1, 0.15) is 18.1 Å². The fourth-order valence-corrected chi connectivity index (χ4v) is 5.19. The van der Waals surface area contributed by atoms with Crippen molar-refractivity contribution in [2.75, 3.05) is 0 Å². The Bertz CT molecular complexity index is 465. The first-order valence-corrected chi connectivity index (χ1v) is 8.12. The summed E-state index contributed by atoms with van der Waals surface area (Å²) in [5, 5.41) is 0. The summed E-state index contributed by atoms with van der Waals surface area (Å²) >= 11 is 0. The molecule has 2 N–H and O–H groups in total. The van der Waals surface area contributed by atoms with Gasteiger partial charge in [-0.1, -0.05) is 0 Å². The molecular formula is C17H25NO2. The number of nitrogens with two attached hydrogens (primary N) is 1. The third-order valence-corrected chi connectivity index (χ3v) is 5.82. The molecule has 4 aliphatic carbocycles. The monoisotopic (exact) mass is 275 g/mol. The molecule has 0 aliphatic heterocycles. The van der Waals surface area contributed by atoms with Gasteiger partial charge >= 0.3 is 0 Å². The maximum atomic E-state index is 6.28. The molecule has 1 heterocycles. The van der Waals surface area contributed by atoms with E-state index >= 15 is 0 Å². The molecule has 5 rings (SSSR count). The smallest absolute Gasteiger partial charge is 0.130 e. The van der Waals surface area contributed by atoms with E-state index in [9.17, 15) is 0 Å². The van der Waals surface area contributed by atoms with Crippen molar-refractivity contribution in [1.29, 1.82) is 0 Å². The van der Waals surface area contributed by atoms with E-state index in [0.29, 0.717) is 19.3 Å². The van der Waals surface area contributed by atoms with E-state index in [-0.39, 0.29) is 0 Å². The van der Waals surface area contributed by atoms with Gasteiger partial charge in [0, 0.05) is 0 Å². The highest BCUT2D eigenvalue weighted by atomic mass is 16.5. The third-order valence-electron chi connectivity index (χ3n) is 5.82. The van der Waals surface area contributed by atoms with Gasteiger partial charge in [-0.15, -0.1) is 0 Å². The highest BCUT2D eigenvalue weighted by Gasteiger charge is 2.48. The van der Waals surface area contributed by atoms with Crippen molar-refractivity contribution in [1.82, 2.24) is 0 Å². The Morgan fingerprint density at radius 3 is 2.35 bits per heavy atom. The zero-order valence-electron chi connectivity index (χ0n) is 12.3. The molecular weight excluding hydrogens is 250 g/mol. The van der Waals surface area contributed by atoms with Gasteiger partial charge in [-0.25, -0.2) is 0 Å². The van der Waals surface area contributed by atoms with Gasteiger partial charge in [0.05, 0.1) is 12.6 Å². The average Bonchev–Trinajstić information content (AvgIpc) is 2.77. The molecule has 4 saturated carbocycles. The van der Waals surface area contributed by atoms with Gasteiger partial charge in [-0.05, 0) is 74.3 Å². The van der Waals surface area contributed by atoms with Gasteiger partial charge < -0.3 is 14.9 Å². The quantitative estimate of drug-likeness (QED) is 0.916. The van der Waals surface area contributed by atoms with Gasteiger partial charge in [0.15, 0.2) is 0 Å². The van der Waals surface area contributed by atoms with E-state index in [1.54, 1.807) is 0 Å². The zero-order valence-corrected chi connectivity index (χ0v) is 12.3. The molecule has 3 heteroatoms. The van der Waals surface area contributed by atoms with Crippen molar-refractivity contribution in [3.63, 3.8) is 0 Å². The second-order valence-corrected chi connectivity index (χ2v) is 7.23. The second-order valence-electron chi connectivity index (χ2n) is 7.23. The molecule has 4 fully saturated rings. The van der Waals surface area contributed by atoms with Crippen LogP contribution in [0.4, 0.5) is 0 Å². The van der Waals surface area contributed by atoms with Crippen LogP contribution in [-0.4, -0.2) is 6.10 Å². The Balaban J connectivity index is 1.42. The molecule has 0 amide bonds. The molecule has 4 bridgehead atoms. The predicted molar refractivity (Wildman–Crippen MR) is 77.0 cm³/mol. The fraction of sp³-hybridized carbons (Fsp3) is 0.765. The molecule has 3 nitrogen and oxygen atoms in total. The van der Waals surface area contributed by atoms with E-state index in [1.165, 1.54) is 32.1 Å². The Hall–Kier alpha value is -0.800. The van der Waals surface area contributed by atoms with E-state index in [0.717, 1.165) is 40.8 Å². The lowest BCUT2D eigenvalue weighted by atomic mass is 9.55. The number of hydrogen-bond donors (Lipinski definition) is 1. The molecule has 1 aromatic heterocycles. The van der Waals surface area contributed by atoms with E-state index in [4.69, 9.17) is 14.9 Å². The number of furan rings is 1. The molecule has 20 heavy (non-hydrogen) atoms. The molecule has 0 spiro atoms. The van der Waals surface area contributed by atoms with Crippen LogP contribution in [0.25, 0.3) is 0 Å². The summed E-state index contributed by atoms with van der Waals surface area (Å²) in [5.74, 6) is 5.48. The molecule has 0 aromatic carbocycles. The van der Waals surface area contributed by atoms with Crippen molar-refractivity contribution in [2.45, 2.75) is 58.3 Å². The molecule has 110 valence electrons. The third kappa shape index (κ3) is 2.11. The predicted octanol–water partition coefficient (Wildman–Crippen LogP) is 3.39. The van der Waals surface area contributed by atoms with Crippen LogP contribution in [0, 0.1) is 30.6 Å². The summed E-state index contributed by atoms with van der Waals surface area (Å²) in [6.45, 7) is 3.15. The molecule has 4 aliphatic rings. The first-order valence-electron chi connectivity index (χ1n) is 8.12. The zero-order chi connectivity index (χ0) is 13.7. The topological polar surface area (TPSA) is 48.4 Å². The first kappa shape index (κ1) is 12.9. The SMILES string of the molecule is Cc1cc(COC2C3CC4CC(C3)CC2C4)oc1CN. The highest BCUT2D eigenvalue weighted by molar-refractivity contribution is 5.19. The summed E-state index contributed by atoms with van der Waals surface area (Å²) in [4.78, 5) is 0. The van der Waals surface area contributed by atoms with Crippen LogP contribution in [0.2, 0.25) is 0 Å². The largest absolute Gasteiger partial charge is 0.462 e. The van der Waals surface area contributed by atoms with Crippen molar-refractivity contribution < 1.29 is 9.15 Å². The highest BCUT2D eigenvalue weighted by Crippen LogP contribution is 2.54. The van der Waals surface area contributed by atoms with Gasteiger partial charge in [0.2, 0.25) is 0 Å². The van der Waals surface area contributed by atoms with Gasteiger partial charge in [0.25, 0.3) is 0 Å². The summed E-state index contributed by atoms with van der Waals surface area (Å²) < 4.78 is 12.0. The summed E-state index contributed by atoms with van der Waals surface area (Å²) in [7, 11) is 0. The maximum absolute atomic E-state index is 6.28. The Kier molecular flexibility index (Phi) is 3.15. The van der Waals surface area contributed by atoms with Crippen molar-refractivity contribution in [3.05, 3.63) is 23.2 Å². The molecule has 0 unspecified atom stereocenters. The summed E-state index contributed by atoms with van der Waals surface area (Å²) in [6, 6.07) is 2.08. The van der Waals surface area contributed by atoms with E-state index < -0.39 is 0 Å². The van der Waals surface area contributed by atoms with Crippen LogP contribution in [0.1, 0.15) is 49.2 Å².